The maximum absolute atomic E-state index is 13.2. The third-order valence-electron chi connectivity index (χ3n) is 5.85. The molecule has 1 atom stereocenters. The minimum atomic E-state index is -0.504. The first kappa shape index (κ1) is 21.5. The molecule has 6 nitrogen and oxygen atoms in total. The van der Waals surface area contributed by atoms with E-state index >= 15 is 0 Å². The molecule has 0 unspecified atom stereocenters. The second-order valence-corrected chi connectivity index (χ2v) is 8.14. The quantitative estimate of drug-likeness (QED) is 0.542. The molecule has 1 aliphatic rings. The molecule has 0 radical (unpaired) electrons. The highest BCUT2D eigenvalue weighted by Crippen LogP contribution is 2.32. The number of carbonyl (C=O) groups is 2. The molecule has 1 aliphatic carbocycles. The average Bonchev–Trinajstić information content (AvgIpc) is 2.82. The lowest BCUT2D eigenvalue weighted by Crippen LogP contribution is -2.35. The first-order valence-electron chi connectivity index (χ1n) is 10.9. The molecule has 6 heteroatoms. The number of amides is 1. The van der Waals surface area contributed by atoms with E-state index in [4.69, 9.17) is 15.0 Å². The molecule has 2 aromatic carbocycles. The minimum Gasteiger partial charge on any atom is -0.452 e. The summed E-state index contributed by atoms with van der Waals surface area (Å²) in [5.74, 6) is -0.408. The van der Waals surface area contributed by atoms with E-state index in [2.05, 4.69) is 13.0 Å². The van der Waals surface area contributed by atoms with Gasteiger partial charge in [-0.25, -0.2) is 4.79 Å². The lowest BCUT2D eigenvalue weighted by atomic mass is 9.84. The summed E-state index contributed by atoms with van der Waals surface area (Å²) in [5, 5.41) is 9.72. The van der Waals surface area contributed by atoms with Crippen molar-refractivity contribution in [3.8, 4) is 6.07 Å². The van der Waals surface area contributed by atoms with E-state index in [1.54, 1.807) is 12.1 Å². The van der Waals surface area contributed by atoms with Gasteiger partial charge in [-0.05, 0) is 48.9 Å². The normalized spacial score (nSPS) is 14.9. The molecular formula is C26H25N3O3. The van der Waals surface area contributed by atoms with Crippen LogP contribution in [0.4, 0.5) is 5.69 Å². The number of benzene rings is 2. The van der Waals surface area contributed by atoms with Gasteiger partial charge < -0.3 is 9.64 Å². The zero-order valence-electron chi connectivity index (χ0n) is 18.1. The number of esters is 1. The fraction of sp³-hybridized carbons (Fsp3) is 0.308. The van der Waals surface area contributed by atoms with Crippen LogP contribution < -0.4 is 4.90 Å². The Hall–Kier alpha value is -3.72. The van der Waals surface area contributed by atoms with Crippen LogP contribution in [0.2, 0.25) is 0 Å². The maximum Gasteiger partial charge on any atom is 0.339 e. The minimum absolute atomic E-state index is 0.189. The Balaban J connectivity index is 1.59. The summed E-state index contributed by atoms with van der Waals surface area (Å²) in [6, 6.07) is 18.7. The van der Waals surface area contributed by atoms with E-state index in [1.165, 1.54) is 4.90 Å². The van der Waals surface area contributed by atoms with Gasteiger partial charge in [-0.3, -0.25) is 9.78 Å². The zero-order chi connectivity index (χ0) is 22.5. The molecule has 0 spiro atoms. The highest BCUT2D eigenvalue weighted by molar-refractivity contribution is 6.06. The van der Waals surface area contributed by atoms with Crippen molar-refractivity contribution in [3.63, 3.8) is 0 Å². The molecule has 4 rings (SSSR count). The van der Waals surface area contributed by atoms with E-state index in [1.807, 2.05) is 42.5 Å². The fourth-order valence-electron chi connectivity index (χ4n) is 4.24. The van der Waals surface area contributed by atoms with Gasteiger partial charge in [0.05, 0.1) is 23.6 Å². The Labute approximate surface area is 187 Å². The van der Waals surface area contributed by atoms with Crippen LogP contribution in [0.25, 0.3) is 10.9 Å². The summed E-state index contributed by atoms with van der Waals surface area (Å²) in [6.45, 7) is 2.02. The van der Waals surface area contributed by atoms with Crippen molar-refractivity contribution in [3.05, 3.63) is 71.4 Å². The van der Waals surface area contributed by atoms with Gasteiger partial charge in [0.25, 0.3) is 5.91 Å². The molecule has 32 heavy (non-hydrogen) atoms. The molecule has 0 aliphatic heterocycles. The number of nitriles is 1. The average molecular weight is 428 g/mol. The van der Waals surface area contributed by atoms with Gasteiger partial charge in [-0.15, -0.1) is 0 Å². The topological polar surface area (TPSA) is 83.3 Å². The number of hydrogen-bond donors (Lipinski definition) is 0. The van der Waals surface area contributed by atoms with Gasteiger partial charge in [-0.2, -0.15) is 5.26 Å². The molecule has 0 bridgehead atoms. The number of nitrogens with zero attached hydrogens (tertiary/aromatic N) is 3. The highest BCUT2D eigenvalue weighted by Gasteiger charge is 2.27. The van der Waals surface area contributed by atoms with Crippen molar-refractivity contribution < 1.29 is 14.3 Å². The molecule has 0 fully saturated rings. The van der Waals surface area contributed by atoms with Crippen LogP contribution >= 0.6 is 0 Å². The van der Waals surface area contributed by atoms with Crippen molar-refractivity contribution in [1.29, 1.82) is 5.26 Å². The van der Waals surface area contributed by atoms with Crippen molar-refractivity contribution in [2.45, 2.75) is 32.6 Å². The first-order chi connectivity index (χ1) is 15.6. The Morgan fingerprint density at radius 3 is 2.69 bits per heavy atom. The summed E-state index contributed by atoms with van der Waals surface area (Å²) in [7, 11) is 0. The van der Waals surface area contributed by atoms with Crippen molar-refractivity contribution >= 4 is 28.5 Å². The molecule has 1 heterocycles. The molecule has 1 amide bonds. The Bertz CT molecular complexity index is 1180. The smallest absolute Gasteiger partial charge is 0.339 e. The van der Waals surface area contributed by atoms with Crippen LogP contribution in [0.3, 0.4) is 0 Å². The number of anilines is 1. The lowest BCUT2D eigenvalue weighted by Gasteiger charge is -2.24. The van der Waals surface area contributed by atoms with Gasteiger partial charge >= 0.3 is 5.97 Å². The Morgan fingerprint density at radius 1 is 1.16 bits per heavy atom. The van der Waals surface area contributed by atoms with Crippen LogP contribution in [-0.2, 0) is 22.4 Å². The summed E-state index contributed by atoms with van der Waals surface area (Å²) in [6.07, 6.45) is 2.82. The van der Waals surface area contributed by atoms with Gasteiger partial charge in [0.1, 0.15) is 0 Å². The third kappa shape index (κ3) is 4.47. The lowest BCUT2D eigenvalue weighted by molar-refractivity contribution is -0.121. The van der Waals surface area contributed by atoms with E-state index in [9.17, 15) is 9.59 Å². The summed E-state index contributed by atoms with van der Waals surface area (Å²) in [5.41, 5.74) is 3.83. The van der Waals surface area contributed by atoms with E-state index in [0.717, 1.165) is 41.4 Å². The van der Waals surface area contributed by atoms with Gasteiger partial charge in [0.15, 0.2) is 6.61 Å². The predicted molar refractivity (Wildman–Crippen MR) is 122 cm³/mol. The predicted octanol–water partition coefficient (Wildman–Crippen LogP) is 4.46. The number of ether oxygens (including phenoxy) is 1. The zero-order valence-corrected chi connectivity index (χ0v) is 18.1. The molecule has 0 N–H and O–H groups in total. The summed E-state index contributed by atoms with van der Waals surface area (Å²) in [4.78, 5) is 32.4. The van der Waals surface area contributed by atoms with Crippen LogP contribution in [0.5, 0.6) is 0 Å². The SMILES string of the molecule is C[C@H]1CCc2nc3ccccc3c(C(=O)OCC(=O)N(CCC#N)c3ccccc3)c2C1. The maximum atomic E-state index is 13.2. The van der Waals surface area contributed by atoms with E-state index < -0.39 is 5.97 Å². The van der Waals surface area contributed by atoms with Crippen LogP contribution in [0.15, 0.2) is 54.6 Å². The molecule has 0 saturated heterocycles. The molecule has 1 aromatic heterocycles. The number of para-hydroxylation sites is 2. The van der Waals surface area contributed by atoms with Crippen molar-refractivity contribution in [2.24, 2.45) is 5.92 Å². The molecule has 3 aromatic rings. The number of carbonyl (C=O) groups excluding carboxylic acids is 2. The molecular weight excluding hydrogens is 402 g/mol. The van der Waals surface area contributed by atoms with Crippen LogP contribution in [0.1, 0.15) is 41.4 Å². The van der Waals surface area contributed by atoms with Crippen molar-refractivity contribution in [2.75, 3.05) is 18.1 Å². The number of rotatable bonds is 6. The Kier molecular flexibility index (Phi) is 6.46. The monoisotopic (exact) mass is 427 g/mol. The second-order valence-electron chi connectivity index (χ2n) is 8.14. The number of hydrogen-bond acceptors (Lipinski definition) is 5. The second kappa shape index (κ2) is 9.61. The number of pyridine rings is 1. The molecule has 0 saturated carbocycles. The largest absolute Gasteiger partial charge is 0.452 e. The van der Waals surface area contributed by atoms with Gasteiger partial charge in [-0.1, -0.05) is 43.3 Å². The van der Waals surface area contributed by atoms with Crippen LogP contribution in [0, 0.1) is 17.2 Å². The van der Waals surface area contributed by atoms with Gasteiger partial charge in [0, 0.05) is 23.3 Å². The summed E-state index contributed by atoms with van der Waals surface area (Å²) < 4.78 is 5.54. The standard InChI is InChI=1S/C26H25N3O3/c1-18-12-13-23-21(16-18)25(20-10-5-6-11-22(20)28-23)26(31)32-17-24(30)29(15-7-14-27)19-8-3-2-4-9-19/h2-6,8-11,18H,7,12-13,15-17H2,1H3/t18-/m0/s1. The molecule has 162 valence electrons. The number of aryl methyl sites for hydroxylation is 1. The van der Waals surface area contributed by atoms with Crippen molar-refractivity contribution in [1.82, 2.24) is 4.98 Å². The number of fused-ring (bicyclic) bond motifs is 2. The van der Waals surface area contributed by atoms with E-state index in [-0.39, 0.29) is 25.5 Å². The third-order valence-corrected chi connectivity index (χ3v) is 5.85. The fourth-order valence-corrected chi connectivity index (χ4v) is 4.24. The van der Waals surface area contributed by atoms with Crippen LogP contribution in [-0.4, -0.2) is 30.0 Å². The number of aromatic nitrogens is 1. The Morgan fingerprint density at radius 2 is 1.91 bits per heavy atom. The summed E-state index contributed by atoms with van der Waals surface area (Å²) >= 11 is 0. The van der Waals surface area contributed by atoms with Gasteiger partial charge in [0.2, 0.25) is 0 Å². The van der Waals surface area contributed by atoms with E-state index in [0.29, 0.717) is 17.2 Å². The highest BCUT2D eigenvalue weighted by atomic mass is 16.5. The first-order valence-corrected chi connectivity index (χ1v) is 10.9.